The van der Waals surface area contributed by atoms with E-state index in [2.05, 4.69) is 5.32 Å². The summed E-state index contributed by atoms with van der Waals surface area (Å²) in [6, 6.07) is 9.14. The normalized spacial score (nSPS) is 16.8. The second-order valence-electron chi connectivity index (χ2n) is 6.08. The zero-order chi connectivity index (χ0) is 18.0. The molecule has 1 atom stereocenters. The smallest absolute Gasteiger partial charge is 0.257 e. The number of hydrogen-bond acceptors (Lipinski definition) is 2. The Kier molecular flexibility index (Phi) is 4.79. The molecule has 130 valence electrons. The fourth-order valence-corrected chi connectivity index (χ4v) is 3.06. The van der Waals surface area contributed by atoms with Crippen LogP contribution in [0.2, 0.25) is 0 Å². The molecule has 3 rings (SSSR count). The fraction of sp³-hybridized carbons (Fsp3) is 0.263. The molecule has 2 aromatic rings. The molecule has 0 spiro atoms. The van der Waals surface area contributed by atoms with Crippen LogP contribution >= 0.6 is 0 Å². The number of nitrogens with zero attached hydrogens (tertiary/aromatic N) is 1. The van der Waals surface area contributed by atoms with Crippen molar-refractivity contribution in [1.82, 2.24) is 4.90 Å². The molecule has 0 saturated carbocycles. The van der Waals surface area contributed by atoms with Gasteiger partial charge in [0.15, 0.2) is 0 Å². The number of halogens is 2. The lowest BCUT2D eigenvalue weighted by Gasteiger charge is -2.24. The number of hydrogen-bond donors (Lipinski definition) is 1. The molecule has 0 unspecified atom stereocenters. The van der Waals surface area contributed by atoms with Gasteiger partial charge in [-0.15, -0.1) is 0 Å². The lowest BCUT2D eigenvalue weighted by atomic mass is 10.1. The maximum absolute atomic E-state index is 13.9. The topological polar surface area (TPSA) is 49.4 Å². The van der Waals surface area contributed by atoms with Crippen LogP contribution in [0.5, 0.6) is 0 Å². The first-order valence-electron chi connectivity index (χ1n) is 8.10. The van der Waals surface area contributed by atoms with Crippen molar-refractivity contribution in [3.05, 3.63) is 65.2 Å². The van der Waals surface area contributed by atoms with Crippen molar-refractivity contribution in [2.75, 3.05) is 11.9 Å². The van der Waals surface area contributed by atoms with Crippen molar-refractivity contribution in [3.63, 3.8) is 0 Å². The number of rotatable bonds is 3. The summed E-state index contributed by atoms with van der Waals surface area (Å²) in [5, 5.41) is 2.74. The highest BCUT2D eigenvalue weighted by atomic mass is 19.1. The average molecular weight is 344 g/mol. The van der Waals surface area contributed by atoms with Gasteiger partial charge in [-0.2, -0.15) is 0 Å². The van der Waals surface area contributed by atoms with Gasteiger partial charge in [0.1, 0.15) is 17.7 Å². The van der Waals surface area contributed by atoms with Crippen LogP contribution < -0.4 is 5.32 Å². The van der Waals surface area contributed by atoms with Gasteiger partial charge < -0.3 is 10.2 Å². The highest BCUT2D eigenvalue weighted by Crippen LogP contribution is 2.24. The third kappa shape index (κ3) is 3.52. The molecule has 1 fully saturated rings. The highest BCUT2D eigenvalue weighted by molar-refractivity contribution is 6.01. The number of likely N-dealkylation sites (tertiary alicyclic amines) is 1. The van der Waals surface area contributed by atoms with Gasteiger partial charge in [-0.3, -0.25) is 9.59 Å². The maximum atomic E-state index is 13.9. The molecule has 4 nitrogen and oxygen atoms in total. The second kappa shape index (κ2) is 7.01. The molecule has 0 bridgehead atoms. The van der Waals surface area contributed by atoms with Crippen LogP contribution in [-0.2, 0) is 4.79 Å². The number of aryl methyl sites for hydroxylation is 1. The lowest BCUT2D eigenvalue weighted by Crippen LogP contribution is -2.43. The molecular formula is C19H18F2N2O2. The first kappa shape index (κ1) is 17.1. The van der Waals surface area contributed by atoms with E-state index < -0.39 is 17.8 Å². The molecule has 1 aliphatic heterocycles. The Morgan fingerprint density at radius 1 is 1.16 bits per heavy atom. The van der Waals surface area contributed by atoms with Crippen LogP contribution in [0.15, 0.2) is 42.5 Å². The summed E-state index contributed by atoms with van der Waals surface area (Å²) in [6.07, 6.45) is 1.17. The van der Waals surface area contributed by atoms with E-state index in [1.807, 2.05) is 0 Å². The Labute approximate surface area is 144 Å². The highest BCUT2D eigenvalue weighted by Gasteiger charge is 2.35. The number of carbonyl (C=O) groups excluding carboxylic acids is 2. The summed E-state index contributed by atoms with van der Waals surface area (Å²) in [5.74, 6) is -1.83. The Morgan fingerprint density at radius 2 is 1.92 bits per heavy atom. The largest absolute Gasteiger partial charge is 0.327 e. The Balaban J connectivity index is 1.78. The standard InChI is InChI=1S/C19H18F2N2O2/c1-12-11-13(20)8-9-16(12)22-18(24)17-7-4-10-23(17)19(25)14-5-2-3-6-15(14)21/h2-3,5-6,8-9,11,17H,4,7,10H2,1H3,(H,22,24)/t17-/m1/s1. The van der Waals surface area contributed by atoms with E-state index in [0.29, 0.717) is 30.6 Å². The number of amides is 2. The van der Waals surface area contributed by atoms with Crippen molar-refractivity contribution in [2.24, 2.45) is 0 Å². The minimum atomic E-state index is -0.670. The molecule has 1 heterocycles. The minimum absolute atomic E-state index is 0.0415. The summed E-state index contributed by atoms with van der Waals surface area (Å²) >= 11 is 0. The van der Waals surface area contributed by atoms with E-state index in [1.165, 1.54) is 41.3 Å². The van der Waals surface area contributed by atoms with E-state index in [-0.39, 0.29) is 17.3 Å². The fourth-order valence-electron chi connectivity index (χ4n) is 3.06. The quantitative estimate of drug-likeness (QED) is 0.926. The van der Waals surface area contributed by atoms with Crippen molar-refractivity contribution in [1.29, 1.82) is 0 Å². The predicted molar refractivity (Wildman–Crippen MR) is 90.2 cm³/mol. The van der Waals surface area contributed by atoms with Crippen molar-refractivity contribution in [3.8, 4) is 0 Å². The van der Waals surface area contributed by atoms with Gasteiger partial charge in [-0.25, -0.2) is 8.78 Å². The van der Waals surface area contributed by atoms with Gasteiger partial charge in [0.25, 0.3) is 5.91 Å². The van der Waals surface area contributed by atoms with E-state index in [9.17, 15) is 18.4 Å². The van der Waals surface area contributed by atoms with Gasteiger partial charge >= 0.3 is 0 Å². The predicted octanol–water partition coefficient (Wildman–Crippen LogP) is 3.52. The summed E-state index contributed by atoms with van der Waals surface area (Å²) < 4.78 is 27.1. The lowest BCUT2D eigenvalue weighted by molar-refractivity contribution is -0.119. The molecule has 0 radical (unpaired) electrons. The summed E-state index contributed by atoms with van der Waals surface area (Å²) in [7, 11) is 0. The molecule has 1 saturated heterocycles. The molecule has 1 N–H and O–H groups in total. The van der Waals surface area contributed by atoms with Crippen LogP contribution in [0.3, 0.4) is 0 Å². The SMILES string of the molecule is Cc1cc(F)ccc1NC(=O)[C@H]1CCCN1C(=O)c1ccccc1F. The summed E-state index contributed by atoms with van der Waals surface area (Å²) in [5.41, 5.74) is 1.05. The number of benzene rings is 2. The van der Waals surface area contributed by atoms with Crippen molar-refractivity contribution in [2.45, 2.75) is 25.8 Å². The molecule has 2 aromatic carbocycles. The third-order valence-corrected chi connectivity index (χ3v) is 4.37. The van der Waals surface area contributed by atoms with Gasteiger partial charge in [0.2, 0.25) is 5.91 Å². The zero-order valence-corrected chi connectivity index (χ0v) is 13.8. The Hall–Kier alpha value is -2.76. The van der Waals surface area contributed by atoms with Crippen molar-refractivity contribution < 1.29 is 18.4 Å². The monoisotopic (exact) mass is 344 g/mol. The minimum Gasteiger partial charge on any atom is -0.327 e. The molecule has 2 amide bonds. The summed E-state index contributed by atoms with van der Waals surface area (Å²) in [6.45, 7) is 2.09. The van der Waals surface area contributed by atoms with E-state index in [4.69, 9.17) is 0 Å². The van der Waals surface area contributed by atoms with Crippen LogP contribution in [-0.4, -0.2) is 29.3 Å². The van der Waals surface area contributed by atoms with Gasteiger partial charge in [-0.05, 0) is 55.7 Å². The average Bonchev–Trinajstić information content (AvgIpc) is 3.07. The van der Waals surface area contributed by atoms with E-state index >= 15 is 0 Å². The molecule has 1 aliphatic rings. The number of nitrogens with one attached hydrogen (secondary N) is 1. The van der Waals surface area contributed by atoms with E-state index in [1.54, 1.807) is 13.0 Å². The van der Waals surface area contributed by atoms with Gasteiger partial charge in [0, 0.05) is 12.2 Å². The van der Waals surface area contributed by atoms with Gasteiger partial charge in [0.05, 0.1) is 5.56 Å². The zero-order valence-electron chi connectivity index (χ0n) is 13.8. The van der Waals surface area contributed by atoms with Crippen LogP contribution in [0.25, 0.3) is 0 Å². The molecule has 0 aromatic heterocycles. The summed E-state index contributed by atoms with van der Waals surface area (Å²) in [4.78, 5) is 26.6. The Bertz CT molecular complexity index is 823. The van der Waals surface area contributed by atoms with Gasteiger partial charge in [-0.1, -0.05) is 12.1 Å². The molecule has 6 heteroatoms. The Morgan fingerprint density at radius 3 is 2.64 bits per heavy atom. The number of carbonyl (C=O) groups is 2. The number of anilines is 1. The molecule has 25 heavy (non-hydrogen) atoms. The first-order valence-corrected chi connectivity index (χ1v) is 8.10. The van der Waals surface area contributed by atoms with Crippen LogP contribution in [0, 0.1) is 18.6 Å². The first-order chi connectivity index (χ1) is 12.0. The van der Waals surface area contributed by atoms with Crippen molar-refractivity contribution >= 4 is 17.5 Å². The van der Waals surface area contributed by atoms with E-state index in [0.717, 1.165) is 0 Å². The molecule has 0 aliphatic carbocycles. The van der Waals surface area contributed by atoms with Crippen LogP contribution in [0.1, 0.15) is 28.8 Å². The molecular weight excluding hydrogens is 326 g/mol. The van der Waals surface area contributed by atoms with Crippen LogP contribution in [0.4, 0.5) is 14.5 Å². The third-order valence-electron chi connectivity index (χ3n) is 4.37. The second-order valence-corrected chi connectivity index (χ2v) is 6.08. The maximum Gasteiger partial charge on any atom is 0.257 e.